The van der Waals surface area contributed by atoms with Gasteiger partial charge in [-0.15, -0.1) is 0 Å². The molecule has 1 aromatic heterocycles. The summed E-state index contributed by atoms with van der Waals surface area (Å²) in [5.74, 6) is 0.222. The Balaban J connectivity index is 2.65. The quantitative estimate of drug-likeness (QED) is 0.347. The summed E-state index contributed by atoms with van der Waals surface area (Å²) in [6.45, 7) is 0. The number of nitrogens with zero attached hydrogens (tertiary/aromatic N) is 2. The molecule has 0 fully saturated rings. The molecule has 0 atom stereocenters. The first-order chi connectivity index (χ1) is 7.49. The fraction of sp³-hybridized carbons (Fsp3) is 0.222. The molecule has 1 amide bonds. The zero-order valence-electron chi connectivity index (χ0n) is 8.75. The molecule has 0 aliphatic rings. The predicted molar refractivity (Wildman–Crippen MR) is 59.3 cm³/mol. The highest BCUT2D eigenvalue weighted by Crippen LogP contribution is 2.21. The van der Waals surface area contributed by atoms with E-state index in [1.54, 1.807) is 20.2 Å². The van der Waals surface area contributed by atoms with Crippen molar-refractivity contribution in [1.82, 2.24) is 4.90 Å². The van der Waals surface area contributed by atoms with E-state index in [0.29, 0.717) is 17.7 Å². The van der Waals surface area contributed by atoms with Gasteiger partial charge in [0.15, 0.2) is 0 Å². The van der Waals surface area contributed by atoms with Crippen molar-refractivity contribution in [3.05, 3.63) is 34.1 Å². The lowest BCUT2D eigenvalue weighted by Crippen LogP contribution is -2.18. The van der Waals surface area contributed by atoms with Gasteiger partial charge >= 0.3 is 11.9 Å². The number of nitro groups is 1. The number of hydrogen-bond donors (Lipinski definition) is 0. The molecule has 7 heteroatoms. The summed E-state index contributed by atoms with van der Waals surface area (Å²) in [4.78, 5) is 22.8. The Kier molecular flexibility index (Phi) is 4.12. The van der Waals surface area contributed by atoms with Gasteiger partial charge in [-0.05, 0) is 18.2 Å². The Bertz CT molecular complexity index is 425. The van der Waals surface area contributed by atoms with Crippen LogP contribution < -0.4 is 0 Å². The van der Waals surface area contributed by atoms with E-state index in [2.05, 4.69) is 0 Å². The SMILES string of the molecule is CN(C)C(=O)C=Cc1ccc(S[N+](=O)[O-])o1. The van der Waals surface area contributed by atoms with Crippen molar-refractivity contribution in [3.8, 4) is 0 Å². The lowest BCUT2D eigenvalue weighted by Gasteiger charge is -2.04. The Morgan fingerprint density at radius 3 is 2.81 bits per heavy atom. The van der Waals surface area contributed by atoms with Crippen LogP contribution in [-0.4, -0.2) is 29.2 Å². The van der Waals surface area contributed by atoms with Gasteiger partial charge in [-0.25, -0.2) is 0 Å². The summed E-state index contributed by atoms with van der Waals surface area (Å²) >= 11 is 0.386. The third-order valence-corrected chi connectivity index (χ3v) is 2.15. The smallest absolute Gasteiger partial charge is 0.304 e. The van der Waals surface area contributed by atoms with Crippen LogP contribution in [0.1, 0.15) is 5.76 Å². The van der Waals surface area contributed by atoms with Crippen molar-refractivity contribution in [2.24, 2.45) is 0 Å². The van der Waals surface area contributed by atoms with E-state index < -0.39 is 4.33 Å². The zero-order valence-corrected chi connectivity index (χ0v) is 9.56. The minimum Gasteiger partial charge on any atom is -0.444 e. The number of carbonyl (C=O) groups excluding carboxylic acids is 1. The first-order valence-electron chi connectivity index (χ1n) is 4.30. The van der Waals surface area contributed by atoms with Crippen LogP contribution in [-0.2, 0) is 4.79 Å². The van der Waals surface area contributed by atoms with Crippen molar-refractivity contribution >= 4 is 23.9 Å². The summed E-state index contributed by atoms with van der Waals surface area (Å²) in [5, 5.41) is 10.3. The molecule has 0 N–H and O–H groups in total. The number of amides is 1. The normalized spacial score (nSPS) is 10.6. The molecule has 0 aliphatic heterocycles. The minimum atomic E-state index is -0.558. The molecular weight excluding hydrogens is 232 g/mol. The van der Waals surface area contributed by atoms with Gasteiger partial charge in [0.2, 0.25) is 11.0 Å². The van der Waals surface area contributed by atoms with E-state index in [4.69, 9.17) is 4.42 Å². The monoisotopic (exact) mass is 242 g/mol. The number of carbonyl (C=O) groups is 1. The van der Waals surface area contributed by atoms with Crippen molar-refractivity contribution in [2.75, 3.05) is 14.1 Å². The summed E-state index contributed by atoms with van der Waals surface area (Å²) in [6.07, 6.45) is 2.80. The number of hydrogen-bond acceptors (Lipinski definition) is 5. The van der Waals surface area contributed by atoms with Crippen molar-refractivity contribution < 1.29 is 13.5 Å². The highest BCUT2D eigenvalue weighted by Gasteiger charge is 2.09. The lowest BCUT2D eigenvalue weighted by molar-refractivity contribution is -0.285. The van der Waals surface area contributed by atoms with Gasteiger partial charge in [-0.1, -0.05) is 0 Å². The maximum absolute atomic E-state index is 11.2. The van der Waals surface area contributed by atoms with E-state index in [9.17, 15) is 14.9 Å². The molecule has 0 saturated heterocycles. The predicted octanol–water partition coefficient (Wildman–Crippen LogP) is 1.66. The molecule has 0 unspecified atom stereocenters. The second-order valence-electron chi connectivity index (χ2n) is 3.04. The molecule has 0 aliphatic carbocycles. The fourth-order valence-electron chi connectivity index (χ4n) is 0.849. The molecule has 6 nitrogen and oxygen atoms in total. The highest BCUT2D eigenvalue weighted by molar-refractivity contribution is 7.93. The molecule has 0 spiro atoms. The van der Waals surface area contributed by atoms with Crippen LogP contribution in [0.3, 0.4) is 0 Å². The van der Waals surface area contributed by atoms with Crippen LogP contribution in [0.15, 0.2) is 27.7 Å². The molecule has 0 saturated carbocycles. The number of furan rings is 1. The molecule has 86 valence electrons. The maximum Gasteiger partial charge on any atom is 0.304 e. The number of likely N-dealkylation sites (N-methyl/N-ethyl adjacent to an activating group) is 1. The first kappa shape index (κ1) is 12.3. The summed E-state index contributed by atoms with van der Waals surface area (Å²) in [5.41, 5.74) is 0. The highest BCUT2D eigenvalue weighted by atomic mass is 32.2. The molecule has 0 aromatic carbocycles. The minimum absolute atomic E-state index is 0.181. The molecule has 0 radical (unpaired) electrons. The van der Waals surface area contributed by atoms with Gasteiger partial charge < -0.3 is 9.32 Å². The summed E-state index contributed by atoms with van der Waals surface area (Å²) < 4.78 is 4.53. The molecule has 1 heterocycles. The van der Waals surface area contributed by atoms with E-state index in [1.165, 1.54) is 23.1 Å². The van der Waals surface area contributed by atoms with Gasteiger partial charge in [-0.3, -0.25) is 14.9 Å². The first-order valence-corrected chi connectivity index (χ1v) is 5.08. The molecule has 16 heavy (non-hydrogen) atoms. The van der Waals surface area contributed by atoms with E-state index in [0.717, 1.165) is 0 Å². The second kappa shape index (κ2) is 5.36. The molecule has 1 rings (SSSR count). The van der Waals surface area contributed by atoms with Gasteiger partial charge in [0.1, 0.15) is 10.1 Å². The van der Waals surface area contributed by atoms with Crippen LogP contribution >= 0.6 is 11.9 Å². The van der Waals surface area contributed by atoms with Crippen LogP contribution in [0, 0.1) is 10.1 Å². The zero-order chi connectivity index (χ0) is 12.1. The van der Waals surface area contributed by atoms with E-state index in [1.807, 2.05) is 0 Å². The average molecular weight is 242 g/mol. The van der Waals surface area contributed by atoms with Crippen LogP contribution in [0.2, 0.25) is 0 Å². The molecule has 1 aromatic rings. The van der Waals surface area contributed by atoms with Gasteiger partial charge in [0, 0.05) is 20.2 Å². The Morgan fingerprint density at radius 1 is 1.56 bits per heavy atom. The Morgan fingerprint density at radius 2 is 2.25 bits per heavy atom. The van der Waals surface area contributed by atoms with E-state index in [-0.39, 0.29) is 11.0 Å². The molecule has 0 bridgehead atoms. The van der Waals surface area contributed by atoms with Crippen LogP contribution in [0.4, 0.5) is 0 Å². The summed E-state index contributed by atoms with van der Waals surface area (Å²) in [7, 11) is 3.26. The van der Waals surface area contributed by atoms with E-state index >= 15 is 0 Å². The number of rotatable bonds is 4. The standard InChI is InChI=1S/C9H10N2O4S/c1-10(2)8(12)5-3-7-4-6-9(15-7)16-11(13)14/h3-6H,1-2H3. The van der Waals surface area contributed by atoms with Crippen LogP contribution in [0.5, 0.6) is 0 Å². The van der Waals surface area contributed by atoms with Crippen molar-refractivity contribution in [2.45, 2.75) is 5.09 Å². The van der Waals surface area contributed by atoms with Gasteiger partial charge in [-0.2, -0.15) is 0 Å². The topological polar surface area (TPSA) is 76.6 Å². The maximum atomic E-state index is 11.2. The average Bonchev–Trinajstić information content (AvgIpc) is 2.60. The molecular formula is C9H10N2O4S. The van der Waals surface area contributed by atoms with Gasteiger partial charge in [0.05, 0.1) is 0 Å². The fourth-order valence-corrected chi connectivity index (χ4v) is 1.26. The van der Waals surface area contributed by atoms with Crippen LogP contribution in [0.25, 0.3) is 6.08 Å². The lowest BCUT2D eigenvalue weighted by atomic mass is 10.4. The summed E-state index contributed by atoms with van der Waals surface area (Å²) in [6, 6.07) is 3.04. The van der Waals surface area contributed by atoms with Gasteiger partial charge in [0.25, 0.3) is 0 Å². The third kappa shape index (κ3) is 3.77. The van der Waals surface area contributed by atoms with Crippen molar-refractivity contribution in [3.63, 3.8) is 0 Å². The Hall–Kier alpha value is -1.76. The second-order valence-corrected chi connectivity index (χ2v) is 3.92. The third-order valence-electron chi connectivity index (χ3n) is 1.60. The Labute approximate surface area is 96.2 Å². The van der Waals surface area contributed by atoms with Crippen molar-refractivity contribution in [1.29, 1.82) is 0 Å². The largest absolute Gasteiger partial charge is 0.444 e.